The average molecular weight is 278 g/mol. The number of ether oxygens (including phenoxy) is 1. The number of benzene rings is 2. The lowest BCUT2D eigenvalue weighted by atomic mass is 10.0. The Bertz CT molecular complexity index is 742. The van der Waals surface area contributed by atoms with E-state index in [9.17, 15) is 0 Å². The van der Waals surface area contributed by atoms with Gasteiger partial charge >= 0.3 is 0 Å². The van der Waals surface area contributed by atoms with E-state index in [0.29, 0.717) is 0 Å². The largest absolute Gasteiger partial charge is 0.497 e. The fraction of sp³-hybridized carbons (Fsp3) is 0.263. The van der Waals surface area contributed by atoms with Crippen molar-refractivity contribution >= 4 is 10.9 Å². The summed E-state index contributed by atoms with van der Waals surface area (Å²) >= 11 is 0. The fourth-order valence-electron chi connectivity index (χ4n) is 2.61. The predicted molar refractivity (Wildman–Crippen MR) is 87.7 cm³/mol. The summed E-state index contributed by atoms with van der Waals surface area (Å²) in [4.78, 5) is 0. The highest BCUT2D eigenvalue weighted by Gasteiger charge is 2.05. The molecule has 0 saturated heterocycles. The van der Waals surface area contributed by atoms with Gasteiger partial charge < -0.3 is 9.30 Å². The summed E-state index contributed by atoms with van der Waals surface area (Å²) in [5.74, 6) is 0.886. The van der Waals surface area contributed by atoms with E-state index in [1.807, 2.05) is 12.1 Å². The molecule has 1 heterocycles. The van der Waals surface area contributed by atoms with Crippen LogP contribution in [0.15, 0.2) is 48.7 Å². The Labute approximate surface area is 126 Å². The molecule has 0 saturated carbocycles. The zero-order valence-electron chi connectivity index (χ0n) is 12.6. The van der Waals surface area contributed by atoms with Crippen LogP contribution in [-0.2, 0) is 6.54 Å². The van der Waals surface area contributed by atoms with Gasteiger partial charge in [0.15, 0.2) is 0 Å². The van der Waals surface area contributed by atoms with Crippen molar-refractivity contribution < 1.29 is 4.74 Å². The van der Waals surface area contributed by atoms with E-state index in [1.165, 1.54) is 34.9 Å². The number of rotatable bonds is 5. The standard InChI is InChI=1S/C19H20NO/c1-3-4-11-20-12-10-17-13-16(8-9-19(17)20)15-6-5-7-18(14-15)21-2/h5-9,12-14H,3-4,11H2,1-2H3. The van der Waals surface area contributed by atoms with Gasteiger partial charge in [-0.1, -0.05) is 31.5 Å². The van der Waals surface area contributed by atoms with Crippen LogP contribution in [0.1, 0.15) is 19.8 Å². The Hall–Kier alpha value is -2.22. The number of hydrogen-bond donors (Lipinski definition) is 0. The zero-order chi connectivity index (χ0) is 14.7. The van der Waals surface area contributed by atoms with E-state index >= 15 is 0 Å². The normalized spacial score (nSPS) is 11.0. The first-order valence-electron chi connectivity index (χ1n) is 7.47. The summed E-state index contributed by atoms with van der Waals surface area (Å²) in [6.45, 7) is 3.28. The molecule has 2 heteroatoms. The molecule has 3 aromatic rings. The van der Waals surface area contributed by atoms with Gasteiger partial charge in [0.1, 0.15) is 5.75 Å². The van der Waals surface area contributed by atoms with Crippen LogP contribution in [0, 0.1) is 6.07 Å². The van der Waals surface area contributed by atoms with Gasteiger partial charge in [-0.15, -0.1) is 0 Å². The van der Waals surface area contributed by atoms with Crippen LogP contribution >= 0.6 is 0 Å². The second kappa shape index (κ2) is 6.04. The van der Waals surface area contributed by atoms with Gasteiger partial charge in [0, 0.05) is 29.7 Å². The number of aromatic nitrogens is 1. The van der Waals surface area contributed by atoms with Crippen molar-refractivity contribution in [2.24, 2.45) is 0 Å². The van der Waals surface area contributed by atoms with E-state index < -0.39 is 0 Å². The summed E-state index contributed by atoms with van der Waals surface area (Å²) in [6.07, 6.45) is 4.48. The molecule has 0 fully saturated rings. The molecule has 1 aromatic heterocycles. The lowest BCUT2D eigenvalue weighted by Gasteiger charge is -2.07. The summed E-state index contributed by atoms with van der Waals surface area (Å²) < 4.78 is 7.59. The van der Waals surface area contributed by atoms with Gasteiger partial charge in [-0.2, -0.15) is 0 Å². The van der Waals surface area contributed by atoms with Crippen molar-refractivity contribution in [1.29, 1.82) is 0 Å². The van der Waals surface area contributed by atoms with Crippen molar-refractivity contribution in [3.05, 3.63) is 54.7 Å². The van der Waals surface area contributed by atoms with Crippen LogP contribution in [0.2, 0.25) is 0 Å². The number of nitrogens with zero attached hydrogens (tertiary/aromatic N) is 1. The minimum absolute atomic E-state index is 0.886. The summed E-state index contributed by atoms with van der Waals surface area (Å²) in [5.41, 5.74) is 3.63. The molecular formula is C19H20NO. The van der Waals surface area contributed by atoms with Crippen LogP contribution in [0.25, 0.3) is 22.0 Å². The van der Waals surface area contributed by atoms with Crippen molar-refractivity contribution in [2.75, 3.05) is 7.11 Å². The maximum atomic E-state index is 5.30. The molecule has 0 aliphatic heterocycles. The van der Waals surface area contributed by atoms with Crippen LogP contribution in [0.4, 0.5) is 0 Å². The molecule has 2 aromatic carbocycles. The number of hydrogen-bond acceptors (Lipinski definition) is 1. The Balaban J connectivity index is 1.97. The van der Waals surface area contributed by atoms with Crippen LogP contribution < -0.4 is 4.74 Å². The molecule has 21 heavy (non-hydrogen) atoms. The van der Waals surface area contributed by atoms with Gasteiger partial charge in [0.05, 0.1) is 7.11 Å². The van der Waals surface area contributed by atoms with Crippen molar-refractivity contribution in [3.8, 4) is 16.9 Å². The van der Waals surface area contributed by atoms with Gasteiger partial charge in [-0.25, -0.2) is 0 Å². The van der Waals surface area contributed by atoms with Crippen molar-refractivity contribution in [3.63, 3.8) is 0 Å². The molecule has 0 unspecified atom stereocenters. The first-order chi connectivity index (χ1) is 10.3. The average Bonchev–Trinajstić information content (AvgIpc) is 2.95. The first-order valence-corrected chi connectivity index (χ1v) is 7.47. The molecule has 107 valence electrons. The van der Waals surface area contributed by atoms with Gasteiger partial charge in [0.25, 0.3) is 0 Å². The number of aryl methyl sites for hydroxylation is 1. The second-order valence-corrected chi connectivity index (χ2v) is 5.28. The molecule has 3 rings (SSSR count). The van der Waals surface area contributed by atoms with Crippen molar-refractivity contribution in [2.45, 2.75) is 26.3 Å². The topological polar surface area (TPSA) is 14.2 Å². The SMILES string of the molecule is CCCCn1c[c]c2cc(-c3cccc(OC)c3)ccc21. The molecule has 0 bridgehead atoms. The summed E-state index contributed by atoms with van der Waals surface area (Å²) in [7, 11) is 1.70. The highest BCUT2D eigenvalue weighted by Crippen LogP contribution is 2.27. The molecule has 0 spiro atoms. The van der Waals surface area contributed by atoms with E-state index in [1.54, 1.807) is 7.11 Å². The third kappa shape index (κ3) is 2.80. The van der Waals surface area contributed by atoms with Gasteiger partial charge in [-0.05, 0) is 41.8 Å². The third-order valence-corrected chi connectivity index (χ3v) is 3.84. The highest BCUT2D eigenvalue weighted by atomic mass is 16.5. The summed E-state index contributed by atoms with van der Waals surface area (Å²) in [6, 6.07) is 18.1. The third-order valence-electron chi connectivity index (χ3n) is 3.84. The highest BCUT2D eigenvalue weighted by molar-refractivity contribution is 5.85. The Morgan fingerprint density at radius 1 is 1.10 bits per heavy atom. The Morgan fingerprint density at radius 3 is 2.76 bits per heavy atom. The molecule has 0 aliphatic rings. The van der Waals surface area contributed by atoms with Crippen LogP contribution in [0.3, 0.4) is 0 Å². The van der Waals surface area contributed by atoms with E-state index in [4.69, 9.17) is 4.74 Å². The smallest absolute Gasteiger partial charge is 0.119 e. The van der Waals surface area contributed by atoms with Gasteiger partial charge in [-0.3, -0.25) is 0 Å². The molecule has 1 radical (unpaired) electrons. The lowest BCUT2D eigenvalue weighted by Crippen LogP contribution is -1.94. The molecule has 0 atom stereocenters. The molecule has 2 nitrogen and oxygen atoms in total. The van der Waals surface area contributed by atoms with Gasteiger partial charge in [0.2, 0.25) is 0 Å². The maximum absolute atomic E-state index is 5.30. The Morgan fingerprint density at radius 2 is 1.95 bits per heavy atom. The second-order valence-electron chi connectivity index (χ2n) is 5.28. The molecule has 0 N–H and O–H groups in total. The maximum Gasteiger partial charge on any atom is 0.119 e. The molecular weight excluding hydrogens is 258 g/mol. The predicted octanol–water partition coefficient (Wildman–Crippen LogP) is 4.92. The Kier molecular flexibility index (Phi) is 3.96. The number of unbranched alkanes of at least 4 members (excludes halogenated alkanes) is 1. The minimum Gasteiger partial charge on any atom is -0.497 e. The van der Waals surface area contributed by atoms with E-state index in [0.717, 1.165) is 12.3 Å². The minimum atomic E-state index is 0.886. The molecule has 0 amide bonds. The van der Waals surface area contributed by atoms with E-state index in [-0.39, 0.29) is 0 Å². The monoisotopic (exact) mass is 278 g/mol. The quantitative estimate of drug-likeness (QED) is 0.646. The summed E-state index contributed by atoms with van der Waals surface area (Å²) in [5, 5.41) is 1.17. The van der Waals surface area contributed by atoms with E-state index in [2.05, 4.69) is 54.1 Å². The van der Waals surface area contributed by atoms with Crippen LogP contribution in [-0.4, -0.2) is 11.7 Å². The van der Waals surface area contributed by atoms with Crippen molar-refractivity contribution in [1.82, 2.24) is 4.57 Å². The lowest BCUT2D eigenvalue weighted by molar-refractivity contribution is 0.415. The fourth-order valence-corrected chi connectivity index (χ4v) is 2.61. The molecule has 0 aliphatic carbocycles. The number of fused-ring (bicyclic) bond motifs is 1. The first kappa shape index (κ1) is 13.7. The van der Waals surface area contributed by atoms with Crippen LogP contribution in [0.5, 0.6) is 5.75 Å². The zero-order valence-corrected chi connectivity index (χ0v) is 12.6. The number of methoxy groups -OCH3 is 1.